The van der Waals surface area contributed by atoms with Gasteiger partial charge >= 0.3 is 6.09 Å². The lowest BCUT2D eigenvalue weighted by molar-refractivity contribution is 0.0204. The maximum Gasteiger partial charge on any atom is 0.410 e. The van der Waals surface area contributed by atoms with Gasteiger partial charge in [0.25, 0.3) is 0 Å². The van der Waals surface area contributed by atoms with E-state index in [0.29, 0.717) is 65.4 Å². The van der Waals surface area contributed by atoms with Gasteiger partial charge in [0, 0.05) is 49.6 Å². The van der Waals surface area contributed by atoms with E-state index >= 15 is 4.39 Å². The van der Waals surface area contributed by atoms with Crippen molar-refractivity contribution >= 4 is 52.6 Å². The predicted molar refractivity (Wildman–Crippen MR) is 168 cm³/mol. The smallest absolute Gasteiger partial charge is 0.410 e. The number of carbonyl (C=O) groups is 1. The Kier molecular flexibility index (Phi) is 8.99. The lowest BCUT2D eigenvalue weighted by Gasteiger charge is -2.34. The number of hydrogen-bond donors (Lipinski definition) is 2. The number of amides is 1. The third kappa shape index (κ3) is 7.29. The molecule has 1 aromatic carbocycles. The highest BCUT2D eigenvalue weighted by molar-refractivity contribution is 8.00. The van der Waals surface area contributed by atoms with Crippen molar-refractivity contribution in [2.24, 2.45) is 7.05 Å². The molecule has 3 aromatic rings. The maximum atomic E-state index is 15.9. The van der Waals surface area contributed by atoms with E-state index in [-0.39, 0.29) is 29.9 Å². The van der Waals surface area contributed by atoms with Gasteiger partial charge in [0.1, 0.15) is 33.3 Å². The summed E-state index contributed by atoms with van der Waals surface area (Å²) < 4.78 is 29.3. The van der Waals surface area contributed by atoms with Crippen LogP contribution in [0, 0.1) is 5.82 Å². The minimum atomic E-state index is -0.559. The third-order valence-electron chi connectivity index (χ3n) is 7.12. The molecule has 13 heteroatoms. The lowest BCUT2D eigenvalue weighted by atomic mass is 9.84. The molecule has 0 unspecified atom stereocenters. The first kappa shape index (κ1) is 31.2. The van der Waals surface area contributed by atoms with Crippen molar-refractivity contribution in [3.05, 3.63) is 40.4 Å². The molecule has 5 rings (SSSR count). The summed E-state index contributed by atoms with van der Waals surface area (Å²) in [6.07, 6.45) is 4.80. The Morgan fingerprint density at radius 3 is 2.63 bits per heavy atom. The number of nitrogens with zero attached hydrogens (tertiary/aromatic N) is 5. The lowest BCUT2D eigenvalue weighted by Crippen LogP contribution is -2.41. The zero-order valence-electron chi connectivity index (χ0n) is 25.6. The maximum absolute atomic E-state index is 15.9. The molecule has 1 atom stereocenters. The Balaban J connectivity index is 1.36. The van der Waals surface area contributed by atoms with Gasteiger partial charge in [0.15, 0.2) is 5.82 Å². The van der Waals surface area contributed by atoms with Crippen molar-refractivity contribution < 1.29 is 18.7 Å². The van der Waals surface area contributed by atoms with Crippen LogP contribution in [0.2, 0.25) is 5.02 Å². The largest absolute Gasteiger partial charge is 0.488 e. The average molecular weight is 632 g/mol. The summed E-state index contributed by atoms with van der Waals surface area (Å²) in [4.78, 5) is 23.2. The zero-order chi connectivity index (χ0) is 31.1. The Morgan fingerprint density at radius 2 is 1.95 bits per heavy atom. The van der Waals surface area contributed by atoms with Crippen molar-refractivity contribution in [1.82, 2.24) is 24.6 Å². The van der Waals surface area contributed by atoms with Gasteiger partial charge in [0.2, 0.25) is 5.95 Å². The number of halogens is 2. The molecule has 4 heterocycles. The van der Waals surface area contributed by atoms with Gasteiger partial charge in [-0.1, -0.05) is 37.2 Å². The van der Waals surface area contributed by atoms with E-state index in [4.69, 9.17) is 21.1 Å². The fraction of sp³-hybridized carbons (Fsp3) is 0.533. The van der Waals surface area contributed by atoms with Crippen molar-refractivity contribution in [3.63, 3.8) is 0 Å². The number of likely N-dealkylation sites (tertiary alicyclic amines) is 1. The summed E-state index contributed by atoms with van der Waals surface area (Å²) in [6.45, 7) is 12.7. The normalized spacial score (nSPS) is 17.2. The number of fused-ring (bicyclic) bond motifs is 1. The van der Waals surface area contributed by atoms with Gasteiger partial charge < -0.3 is 25.0 Å². The number of anilines is 4. The second-order valence-electron chi connectivity index (χ2n) is 12.3. The van der Waals surface area contributed by atoms with Gasteiger partial charge in [-0.25, -0.2) is 14.2 Å². The number of piperidine rings is 1. The van der Waals surface area contributed by atoms with Crippen molar-refractivity contribution in [1.29, 1.82) is 0 Å². The van der Waals surface area contributed by atoms with Crippen LogP contribution in [0.25, 0.3) is 0 Å². The Hall–Kier alpha value is -3.25. The quantitative estimate of drug-likeness (QED) is 0.257. The standard InChI is InChI=1S/C30H39ClFN7O3S/c1-16(2)43-27-23(15-38(7)37-27)34-26-20(31)14-33-28(36-26)35-22-13-21(32)24(19-12-17(3)41-25(19)22)18-8-10-39(11-9-18)29(40)42-30(4,5)6/h13-18H,8-12H2,1-7H3,(H2,33,34,35,36)/t17-/m1/s1. The number of ether oxygens (including phenoxy) is 2. The molecule has 1 amide bonds. The topological polar surface area (TPSA) is 106 Å². The minimum Gasteiger partial charge on any atom is -0.488 e. The fourth-order valence-electron chi connectivity index (χ4n) is 5.41. The second-order valence-corrected chi connectivity index (χ2v) is 14.3. The van der Waals surface area contributed by atoms with E-state index in [2.05, 4.69) is 39.5 Å². The minimum absolute atomic E-state index is 0.0321. The first-order valence-corrected chi connectivity index (χ1v) is 15.8. The number of aromatic nitrogens is 4. The molecule has 2 aliphatic heterocycles. The van der Waals surface area contributed by atoms with Crippen LogP contribution in [-0.4, -0.2) is 60.8 Å². The van der Waals surface area contributed by atoms with Crippen molar-refractivity contribution in [2.75, 3.05) is 23.7 Å². The predicted octanol–water partition coefficient (Wildman–Crippen LogP) is 7.43. The van der Waals surface area contributed by atoms with E-state index in [1.165, 1.54) is 12.3 Å². The number of carbonyl (C=O) groups excluding carboxylic acids is 1. The number of rotatable bonds is 7. The molecule has 2 aromatic heterocycles. The van der Waals surface area contributed by atoms with Crippen LogP contribution in [-0.2, 0) is 18.2 Å². The molecule has 0 aliphatic carbocycles. The number of hydrogen-bond acceptors (Lipinski definition) is 9. The van der Waals surface area contributed by atoms with Gasteiger partial charge in [-0.2, -0.15) is 10.1 Å². The Bertz CT molecular complexity index is 1500. The monoisotopic (exact) mass is 631 g/mol. The summed E-state index contributed by atoms with van der Waals surface area (Å²) in [5, 5.41) is 12.5. The van der Waals surface area contributed by atoms with E-state index in [0.717, 1.165) is 16.3 Å². The summed E-state index contributed by atoms with van der Waals surface area (Å²) in [7, 11) is 1.86. The number of benzene rings is 1. The van der Waals surface area contributed by atoms with Gasteiger partial charge in [-0.15, -0.1) is 0 Å². The number of aryl methyl sites for hydroxylation is 1. The first-order valence-electron chi connectivity index (χ1n) is 14.5. The highest BCUT2D eigenvalue weighted by atomic mass is 35.5. The molecule has 232 valence electrons. The highest BCUT2D eigenvalue weighted by Gasteiger charge is 2.35. The van der Waals surface area contributed by atoms with Crippen LogP contribution >= 0.6 is 23.4 Å². The van der Waals surface area contributed by atoms with Gasteiger partial charge in [-0.05, 0) is 52.0 Å². The SMILES string of the molecule is CC(C)Sc1nn(C)cc1Nc1nc(Nc2cc(F)c(C3CCN(C(=O)OC(C)(C)C)CC3)c3c2O[C@H](C)C3)ncc1Cl. The van der Waals surface area contributed by atoms with Crippen LogP contribution < -0.4 is 15.4 Å². The number of thioether (sulfide) groups is 1. The molecule has 0 bridgehead atoms. The van der Waals surface area contributed by atoms with E-state index in [9.17, 15) is 4.79 Å². The molecule has 2 N–H and O–H groups in total. The summed E-state index contributed by atoms with van der Waals surface area (Å²) >= 11 is 8.08. The highest BCUT2D eigenvalue weighted by Crippen LogP contribution is 2.45. The molecule has 10 nitrogen and oxygen atoms in total. The average Bonchev–Trinajstić information content (AvgIpc) is 3.46. The van der Waals surface area contributed by atoms with Crippen LogP contribution in [0.15, 0.2) is 23.5 Å². The molecule has 1 saturated heterocycles. The molecule has 1 fully saturated rings. The molecular weight excluding hydrogens is 593 g/mol. The van der Waals surface area contributed by atoms with Crippen molar-refractivity contribution in [2.45, 2.75) is 88.7 Å². The Morgan fingerprint density at radius 1 is 1.23 bits per heavy atom. The van der Waals surface area contributed by atoms with Crippen LogP contribution in [0.1, 0.15) is 71.4 Å². The molecule has 0 saturated carbocycles. The second kappa shape index (κ2) is 12.4. The zero-order valence-corrected chi connectivity index (χ0v) is 27.2. The van der Waals surface area contributed by atoms with Crippen LogP contribution in [0.3, 0.4) is 0 Å². The first-order chi connectivity index (χ1) is 20.3. The van der Waals surface area contributed by atoms with Crippen LogP contribution in [0.5, 0.6) is 5.75 Å². The summed E-state index contributed by atoms with van der Waals surface area (Å²) in [6, 6.07) is 1.45. The summed E-state index contributed by atoms with van der Waals surface area (Å²) in [5.74, 6) is 0.909. The third-order valence-corrected chi connectivity index (χ3v) is 8.40. The van der Waals surface area contributed by atoms with Gasteiger partial charge in [-0.3, -0.25) is 4.68 Å². The molecule has 0 spiro atoms. The fourth-order valence-corrected chi connectivity index (χ4v) is 6.40. The van der Waals surface area contributed by atoms with Crippen molar-refractivity contribution in [3.8, 4) is 5.75 Å². The molecule has 2 aliphatic rings. The van der Waals surface area contributed by atoms with E-state index < -0.39 is 5.60 Å². The van der Waals surface area contributed by atoms with Gasteiger partial charge in [0.05, 0.1) is 17.6 Å². The van der Waals surface area contributed by atoms with Crippen LogP contribution in [0.4, 0.5) is 32.3 Å². The van der Waals surface area contributed by atoms with E-state index in [1.807, 2.05) is 40.9 Å². The van der Waals surface area contributed by atoms with E-state index in [1.54, 1.807) is 21.3 Å². The summed E-state index contributed by atoms with van der Waals surface area (Å²) in [5.41, 5.74) is 2.19. The molecular formula is C30H39ClFN7O3S. The molecule has 43 heavy (non-hydrogen) atoms. The number of nitrogens with one attached hydrogen (secondary N) is 2. The Labute approximate surface area is 261 Å². The molecule has 0 radical (unpaired) electrons.